The Balaban J connectivity index is 1.57. The van der Waals surface area contributed by atoms with Gasteiger partial charge in [-0.3, -0.25) is 0 Å². The van der Waals surface area contributed by atoms with Crippen LogP contribution in [0, 0.1) is 5.82 Å². The molecule has 0 bridgehead atoms. The molecule has 1 saturated heterocycles. The van der Waals surface area contributed by atoms with Gasteiger partial charge < -0.3 is 24.7 Å². The van der Waals surface area contributed by atoms with Crippen molar-refractivity contribution < 1.29 is 37.3 Å². The van der Waals surface area contributed by atoms with E-state index < -0.39 is 35.3 Å². The number of anilines is 1. The van der Waals surface area contributed by atoms with Crippen LogP contribution in [0.4, 0.5) is 28.3 Å². The van der Waals surface area contributed by atoms with Crippen molar-refractivity contribution in [3.63, 3.8) is 0 Å². The molecule has 32 heavy (non-hydrogen) atoms. The van der Waals surface area contributed by atoms with E-state index in [0.29, 0.717) is 18.9 Å². The molecule has 1 aromatic carbocycles. The molecule has 0 radical (unpaired) electrons. The molecular formula is C20H20F4N4O4. The molecule has 12 heteroatoms. The molecule has 1 aliphatic heterocycles. The summed E-state index contributed by atoms with van der Waals surface area (Å²) in [6, 6.07) is 5.32. The van der Waals surface area contributed by atoms with Crippen molar-refractivity contribution in [3.8, 4) is 11.6 Å². The Labute approximate surface area is 180 Å². The maximum Gasteiger partial charge on any atom is 0.433 e. The Hall–Kier alpha value is -3.15. The summed E-state index contributed by atoms with van der Waals surface area (Å²) >= 11 is 0. The molecule has 1 unspecified atom stereocenters. The lowest BCUT2D eigenvalue weighted by molar-refractivity contribution is -0.141. The number of halogens is 4. The zero-order chi connectivity index (χ0) is 23.1. The van der Waals surface area contributed by atoms with Crippen molar-refractivity contribution in [1.82, 2.24) is 14.9 Å². The van der Waals surface area contributed by atoms with Gasteiger partial charge in [0, 0.05) is 24.7 Å². The number of aliphatic hydroxyl groups is 1. The predicted molar refractivity (Wildman–Crippen MR) is 103 cm³/mol. The van der Waals surface area contributed by atoms with Gasteiger partial charge in [0.05, 0.1) is 13.1 Å². The normalized spacial score (nSPS) is 21.0. The van der Waals surface area contributed by atoms with Gasteiger partial charge in [-0.05, 0) is 31.4 Å². The number of hydrogen-bond donors (Lipinski definition) is 2. The molecule has 1 atom stereocenters. The van der Waals surface area contributed by atoms with Gasteiger partial charge in [0.1, 0.15) is 17.2 Å². The molecule has 1 amide bonds. The molecule has 2 aromatic rings. The van der Waals surface area contributed by atoms with Crippen LogP contribution in [0.5, 0.6) is 11.6 Å². The van der Waals surface area contributed by atoms with Crippen LogP contribution in [0.25, 0.3) is 0 Å². The number of ether oxygens (including phenoxy) is 1. The van der Waals surface area contributed by atoms with Gasteiger partial charge in [0.2, 0.25) is 11.8 Å². The zero-order valence-electron chi connectivity index (χ0n) is 16.7. The van der Waals surface area contributed by atoms with Crippen LogP contribution in [0.1, 0.15) is 25.0 Å². The monoisotopic (exact) mass is 456 g/mol. The van der Waals surface area contributed by atoms with E-state index >= 15 is 0 Å². The van der Waals surface area contributed by atoms with Crippen LogP contribution in [-0.4, -0.2) is 62.5 Å². The van der Waals surface area contributed by atoms with Crippen LogP contribution < -0.4 is 9.64 Å². The summed E-state index contributed by atoms with van der Waals surface area (Å²) in [5.41, 5.74) is -2.71. The van der Waals surface area contributed by atoms with E-state index in [-0.39, 0.29) is 43.8 Å². The number of carbonyl (C=O) groups is 1. The Morgan fingerprint density at radius 1 is 1.28 bits per heavy atom. The minimum Gasteiger partial charge on any atom is -0.465 e. The number of carboxylic acid groups (broad SMARTS) is 1. The zero-order valence-corrected chi connectivity index (χ0v) is 16.7. The van der Waals surface area contributed by atoms with E-state index in [1.54, 1.807) is 0 Å². The molecule has 2 aliphatic rings. The topological polar surface area (TPSA) is 99.0 Å². The third kappa shape index (κ3) is 5.01. The third-order valence-electron chi connectivity index (χ3n) is 5.31. The molecule has 2 N–H and O–H groups in total. The molecule has 1 aliphatic carbocycles. The number of rotatable bonds is 6. The van der Waals surface area contributed by atoms with Crippen molar-refractivity contribution in [2.45, 2.75) is 37.1 Å². The number of alkyl halides is 3. The minimum atomic E-state index is -4.79. The number of β-amino-alcohol motifs (C(OH)–C–C–N with tert-alkyl or cyclic N) is 1. The predicted octanol–water partition coefficient (Wildman–Crippen LogP) is 3.51. The van der Waals surface area contributed by atoms with E-state index in [4.69, 9.17) is 4.74 Å². The van der Waals surface area contributed by atoms with Gasteiger partial charge in [-0.15, -0.1) is 0 Å². The first-order valence-electron chi connectivity index (χ1n) is 9.89. The molecule has 172 valence electrons. The quantitative estimate of drug-likeness (QED) is 0.642. The van der Waals surface area contributed by atoms with Gasteiger partial charge in [0.15, 0.2) is 5.69 Å². The molecule has 1 saturated carbocycles. The van der Waals surface area contributed by atoms with Crippen LogP contribution in [0.3, 0.4) is 0 Å². The van der Waals surface area contributed by atoms with Gasteiger partial charge >= 0.3 is 12.3 Å². The molecular weight excluding hydrogens is 436 g/mol. The SMILES string of the molecule is O=C(O)N(CC1(O)CCN(c2nc(Oc3cccc(F)c3)cc(C(F)(F)F)n2)C1)C1CC1. The molecule has 2 fully saturated rings. The number of nitrogens with zero attached hydrogens (tertiary/aromatic N) is 4. The summed E-state index contributed by atoms with van der Waals surface area (Å²) in [6.45, 7) is -0.186. The number of amides is 1. The lowest BCUT2D eigenvalue weighted by Gasteiger charge is -2.29. The van der Waals surface area contributed by atoms with E-state index in [0.717, 1.165) is 17.0 Å². The average Bonchev–Trinajstić information content (AvgIpc) is 3.47. The highest BCUT2D eigenvalue weighted by atomic mass is 19.4. The van der Waals surface area contributed by atoms with Crippen LogP contribution in [0.15, 0.2) is 30.3 Å². The molecule has 1 aromatic heterocycles. The third-order valence-corrected chi connectivity index (χ3v) is 5.31. The van der Waals surface area contributed by atoms with Crippen LogP contribution in [-0.2, 0) is 6.18 Å². The first kappa shape index (κ1) is 22.1. The Bertz CT molecular complexity index is 1020. The van der Waals surface area contributed by atoms with Crippen LogP contribution >= 0.6 is 0 Å². The van der Waals surface area contributed by atoms with Crippen molar-refractivity contribution in [2.24, 2.45) is 0 Å². The minimum absolute atomic E-state index is 0.0396. The van der Waals surface area contributed by atoms with E-state index in [9.17, 15) is 32.6 Å². The standard InChI is InChI=1S/C20H20F4N4O4/c21-12-2-1-3-14(8-12)32-16-9-15(20(22,23)24)25-17(26-16)27-7-6-19(31,10-27)11-28(18(29)30)13-4-5-13/h1-3,8-9,13,31H,4-7,10-11H2,(H,29,30). The van der Waals surface area contributed by atoms with Crippen LogP contribution in [0.2, 0.25) is 0 Å². The van der Waals surface area contributed by atoms with Crippen molar-refractivity contribution in [1.29, 1.82) is 0 Å². The number of aromatic nitrogens is 2. The fraction of sp³-hybridized carbons (Fsp3) is 0.450. The van der Waals surface area contributed by atoms with Crippen molar-refractivity contribution >= 4 is 12.0 Å². The second-order valence-electron chi connectivity index (χ2n) is 7.99. The molecule has 0 spiro atoms. The second kappa shape index (κ2) is 8.08. The lowest BCUT2D eigenvalue weighted by Crippen LogP contribution is -2.48. The maximum atomic E-state index is 13.4. The molecule has 4 rings (SSSR count). The summed E-state index contributed by atoms with van der Waals surface area (Å²) in [5, 5.41) is 20.3. The molecule has 2 heterocycles. The highest BCUT2D eigenvalue weighted by Gasteiger charge is 2.44. The Kier molecular flexibility index (Phi) is 5.57. The van der Waals surface area contributed by atoms with E-state index in [1.165, 1.54) is 17.0 Å². The van der Waals surface area contributed by atoms with E-state index in [1.807, 2.05) is 0 Å². The summed E-state index contributed by atoms with van der Waals surface area (Å²) < 4.78 is 58.9. The van der Waals surface area contributed by atoms with E-state index in [2.05, 4.69) is 9.97 Å². The fourth-order valence-corrected chi connectivity index (χ4v) is 3.62. The van der Waals surface area contributed by atoms with Gasteiger partial charge in [0.25, 0.3) is 0 Å². The van der Waals surface area contributed by atoms with Gasteiger partial charge in [-0.2, -0.15) is 18.2 Å². The average molecular weight is 456 g/mol. The lowest BCUT2D eigenvalue weighted by atomic mass is 10.0. The largest absolute Gasteiger partial charge is 0.465 e. The second-order valence-corrected chi connectivity index (χ2v) is 7.99. The molecule has 8 nitrogen and oxygen atoms in total. The summed E-state index contributed by atoms with van der Waals surface area (Å²) in [7, 11) is 0. The van der Waals surface area contributed by atoms with Crippen molar-refractivity contribution in [2.75, 3.05) is 24.5 Å². The number of benzene rings is 1. The summed E-state index contributed by atoms with van der Waals surface area (Å²) in [4.78, 5) is 21.6. The van der Waals surface area contributed by atoms with Crippen molar-refractivity contribution in [3.05, 3.63) is 41.8 Å². The summed E-state index contributed by atoms with van der Waals surface area (Å²) in [5.74, 6) is -1.43. The smallest absolute Gasteiger partial charge is 0.433 e. The fourth-order valence-electron chi connectivity index (χ4n) is 3.62. The Morgan fingerprint density at radius 2 is 2.03 bits per heavy atom. The highest BCUT2D eigenvalue weighted by Crippen LogP contribution is 2.35. The first-order chi connectivity index (χ1) is 15.0. The van der Waals surface area contributed by atoms with Gasteiger partial charge in [-0.1, -0.05) is 6.07 Å². The first-order valence-corrected chi connectivity index (χ1v) is 9.89. The van der Waals surface area contributed by atoms with Gasteiger partial charge in [-0.25, -0.2) is 14.2 Å². The Morgan fingerprint density at radius 3 is 2.66 bits per heavy atom. The number of hydrogen-bond acceptors (Lipinski definition) is 6. The maximum absolute atomic E-state index is 13.4. The summed E-state index contributed by atoms with van der Waals surface area (Å²) in [6.07, 6.45) is -4.39. The highest BCUT2D eigenvalue weighted by molar-refractivity contribution is 5.66.